The van der Waals surface area contributed by atoms with E-state index in [0.717, 1.165) is 24.8 Å². The van der Waals surface area contributed by atoms with Crippen molar-refractivity contribution in [1.29, 1.82) is 5.26 Å². The Morgan fingerprint density at radius 1 is 1.55 bits per heavy atom. The molecule has 0 radical (unpaired) electrons. The zero-order valence-corrected chi connectivity index (χ0v) is 11.4. The highest BCUT2D eigenvalue weighted by molar-refractivity contribution is 5.77. The van der Waals surface area contributed by atoms with Crippen molar-refractivity contribution in [2.45, 2.75) is 31.7 Å². The monoisotopic (exact) mass is 273 g/mol. The molecule has 0 heterocycles. The predicted octanol–water partition coefficient (Wildman–Crippen LogP) is 1.43. The molecule has 1 aliphatic carbocycles. The molecule has 0 aliphatic heterocycles. The number of nitrogens with one attached hydrogen (secondary N) is 1. The van der Waals surface area contributed by atoms with E-state index in [1.165, 1.54) is 5.56 Å². The number of carbonyl (C=O) groups is 1. The molecule has 1 aliphatic rings. The highest BCUT2D eigenvalue weighted by Crippen LogP contribution is 2.30. The van der Waals surface area contributed by atoms with Gasteiger partial charge in [0.2, 0.25) is 0 Å². The summed E-state index contributed by atoms with van der Waals surface area (Å²) >= 11 is 0. The maximum absolute atomic E-state index is 11.5. The fraction of sp³-hybridized carbons (Fsp3) is 0.467. The fourth-order valence-corrected chi connectivity index (χ4v) is 2.36. The van der Waals surface area contributed by atoms with Crippen molar-refractivity contribution in [1.82, 2.24) is 5.32 Å². The van der Waals surface area contributed by atoms with Crippen LogP contribution >= 0.6 is 0 Å². The molecule has 1 aromatic rings. The summed E-state index contributed by atoms with van der Waals surface area (Å²) in [5.74, 6) is 0.443. The summed E-state index contributed by atoms with van der Waals surface area (Å²) in [5, 5.41) is 11.0. The van der Waals surface area contributed by atoms with Gasteiger partial charge in [0.25, 0.3) is 5.91 Å². The summed E-state index contributed by atoms with van der Waals surface area (Å²) in [6.07, 6.45) is 3.47. The van der Waals surface area contributed by atoms with Gasteiger partial charge >= 0.3 is 0 Å². The molecule has 106 valence electrons. The molecule has 0 spiro atoms. The van der Waals surface area contributed by atoms with Crippen molar-refractivity contribution in [3.05, 3.63) is 29.3 Å². The molecule has 5 nitrogen and oxygen atoms in total. The highest BCUT2D eigenvalue weighted by Gasteiger charge is 2.17. The topological polar surface area (TPSA) is 88.1 Å². The van der Waals surface area contributed by atoms with Crippen LogP contribution in [0.5, 0.6) is 5.75 Å². The van der Waals surface area contributed by atoms with Crippen LogP contribution in [-0.4, -0.2) is 19.1 Å². The number of hydrogen-bond donors (Lipinski definition) is 2. The third kappa shape index (κ3) is 3.72. The summed E-state index contributed by atoms with van der Waals surface area (Å²) in [4.78, 5) is 11.5. The van der Waals surface area contributed by atoms with Crippen LogP contribution in [0.2, 0.25) is 0 Å². The SMILES string of the molecule is N#CCCNC(=O)COc1ccc2c(c1)[C@H](N)CCC2. The third-order valence-electron chi connectivity index (χ3n) is 3.41. The van der Waals surface area contributed by atoms with Gasteiger partial charge in [-0.15, -0.1) is 0 Å². The summed E-state index contributed by atoms with van der Waals surface area (Å²) in [5.41, 5.74) is 8.48. The first-order valence-corrected chi connectivity index (χ1v) is 6.85. The second-order valence-electron chi connectivity index (χ2n) is 4.91. The first kappa shape index (κ1) is 14.4. The van der Waals surface area contributed by atoms with Gasteiger partial charge in [-0.1, -0.05) is 6.07 Å². The van der Waals surface area contributed by atoms with Crippen LogP contribution in [0.15, 0.2) is 18.2 Å². The second kappa shape index (κ2) is 6.92. The van der Waals surface area contributed by atoms with E-state index in [0.29, 0.717) is 18.7 Å². The molecule has 3 N–H and O–H groups in total. The number of amides is 1. The molecule has 5 heteroatoms. The van der Waals surface area contributed by atoms with Crippen molar-refractivity contribution >= 4 is 5.91 Å². The standard InChI is InChI=1S/C15H19N3O2/c16-7-2-8-18-15(19)10-20-12-6-5-11-3-1-4-14(17)13(11)9-12/h5-6,9,14H,1-4,8,10,17H2,(H,18,19)/t14-/m1/s1. The molecule has 0 bridgehead atoms. The van der Waals surface area contributed by atoms with Gasteiger partial charge in [0.05, 0.1) is 12.5 Å². The van der Waals surface area contributed by atoms with Crippen LogP contribution in [0, 0.1) is 11.3 Å². The Balaban J connectivity index is 1.89. The van der Waals surface area contributed by atoms with Crippen LogP contribution in [0.3, 0.4) is 0 Å². The Kier molecular flexibility index (Phi) is 4.97. The van der Waals surface area contributed by atoms with Crippen molar-refractivity contribution in [2.75, 3.05) is 13.2 Å². The zero-order chi connectivity index (χ0) is 14.4. The van der Waals surface area contributed by atoms with Crippen LogP contribution in [0.4, 0.5) is 0 Å². The molecule has 1 amide bonds. The van der Waals surface area contributed by atoms with Gasteiger partial charge in [0.15, 0.2) is 6.61 Å². The lowest BCUT2D eigenvalue weighted by atomic mass is 9.88. The van der Waals surface area contributed by atoms with Gasteiger partial charge in [-0.25, -0.2) is 0 Å². The number of aryl methyl sites for hydroxylation is 1. The first-order chi connectivity index (χ1) is 9.70. The van der Waals surface area contributed by atoms with Crippen molar-refractivity contribution in [3.8, 4) is 11.8 Å². The Morgan fingerprint density at radius 3 is 3.20 bits per heavy atom. The van der Waals surface area contributed by atoms with E-state index in [9.17, 15) is 4.79 Å². The average molecular weight is 273 g/mol. The number of ether oxygens (including phenoxy) is 1. The lowest BCUT2D eigenvalue weighted by Crippen LogP contribution is -2.29. The van der Waals surface area contributed by atoms with Crippen molar-refractivity contribution < 1.29 is 9.53 Å². The van der Waals surface area contributed by atoms with Gasteiger partial charge in [-0.3, -0.25) is 4.79 Å². The number of carbonyl (C=O) groups excluding carboxylic acids is 1. The number of nitriles is 1. The minimum atomic E-state index is -0.220. The van der Waals surface area contributed by atoms with Gasteiger partial charge in [-0.2, -0.15) is 5.26 Å². The first-order valence-electron chi connectivity index (χ1n) is 6.85. The number of nitrogens with two attached hydrogens (primary N) is 1. The van der Waals surface area contributed by atoms with Crippen LogP contribution in [0.1, 0.15) is 36.4 Å². The molecule has 0 unspecified atom stereocenters. The molecular formula is C15H19N3O2. The molecule has 2 rings (SSSR count). The van der Waals surface area contributed by atoms with E-state index in [1.807, 2.05) is 24.3 Å². The summed E-state index contributed by atoms with van der Waals surface area (Å²) < 4.78 is 5.46. The summed E-state index contributed by atoms with van der Waals surface area (Å²) in [6.45, 7) is 0.313. The molecule has 0 fully saturated rings. The van der Waals surface area contributed by atoms with Crippen molar-refractivity contribution in [3.63, 3.8) is 0 Å². The van der Waals surface area contributed by atoms with E-state index in [1.54, 1.807) is 0 Å². The number of rotatable bonds is 5. The van der Waals surface area contributed by atoms with E-state index in [4.69, 9.17) is 15.7 Å². The summed E-state index contributed by atoms with van der Waals surface area (Å²) in [6, 6.07) is 7.86. The highest BCUT2D eigenvalue weighted by atomic mass is 16.5. The zero-order valence-electron chi connectivity index (χ0n) is 11.4. The van der Waals surface area contributed by atoms with Crippen molar-refractivity contribution in [2.24, 2.45) is 5.73 Å². The van der Waals surface area contributed by atoms with Gasteiger partial charge in [0.1, 0.15) is 5.75 Å². The van der Waals surface area contributed by atoms with Gasteiger partial charge in [0, 0.05) is 12.6 Å². The lowest BCUT2D eigenvalue weighted by molar-refractivity contribution is -0.123. The lowest BCUT2D eigenvalue weighted by Gasteiger charge is -2.22. The quantitative estimate of drug-likeness (QED) is 0.794. The van der Waals surface area contributed by atoms with E-state index in [-0.39, 0.29) is 18.6 Å². The van der Waals surface area contributed by atoms with E-state index >= 15 is 0 Å². The number of nitrogens with zero attached hydrogens (tertiary/aromatic N) is 1. The van der Waals surface area contributed by atoms with Gasteiger partial charge in [-0.05, 0) is 42.5 Å². The number of benzene rings is 1. The minimum absolute atomic E-state index is 0.0422. The molecule has 0 saturated heterocycles. The Labute approximate surface area is 118 Å². The normalized spacial score (nSPS) is 16.9. The minimum Gasteiger partial charge on any atom is -0.484 e. The molecule has 0 aromatic heterocycles. The molecular weight excluding hydrogens is 254 g/mol. The fourth-order valence-electron chi connectivity index (χ4n) is 2.36. The second-order valence-corrected chi connectivity index (χ2v) is 4.91. The molecule has 0 saturated carbocycles. The number of hydrogen-bond acceptors (Lipinski definition) is 4. The predicted molar refractivity (Wildman–Crippen MR) is 75.0 cm³/mol. The Hall–Kier alpha value is -2.06. The smallest absolute Gasteiger partial charge is 0.257 e. The largest absolute Gasteiger partial charge is 0.484 e. The summed E-state index contributed by atoms with van der Waals surface area (Å²) in [7, 11) is 0. The average Bonchev–Trinajstić information content (AvgIpc) is 2.46. The van der Waals surface area contributed by atoms with Crippen LogP contribution < -0.4 is 15.8 Å². The van der Waals surface area contributed by atoms with Gasteiger partial charge < -0.3 is 15.8 Å². The molecule has 1 atom stereocenters. The Bertz CT molecular complexity index is 522. The maximum Gasteiger partial charge on any atom is 0.257 e. The van der Waals surface area contributed by atoms with E-state index in [2.05, 4.69) is 5.32 Å². The van der Waals surface area contributed by atoms with Crippen LogP contribution in [0.25, 0.3) is 0 Å². The Morgan fingerprint density at radius 2 is 2.40 bits per heavy atom. The van der Waals surface area contributed by atoms with Crippen LogP contribution in [-0.2, 0) is 11.2 Å². The molecule has 1 aromatic carbocycles. The third-order valence-corrected chi connectivity index (χ3v) is 3.41. The maximum atomic E-state index is 11.5. The van der Waals surface area contributed by atoms with E-state index < -0.39 is 0 Å². The number of fused-ring (bicyclic) bond motifs is 1. The molecule has 20 heavy (non-hydrogen) atoms.